The second kappa shape index (κ2) is 4.61. The van der Waals surface area contributed by atoms with E-state index in [0.717, 1.165) is 0 Å². The molecule has 0 fully saturated rings. The van der Waals surface area contributed by atoms with E-state index in [1.807, 2.05) is 6.07 Å². The predicted molar refractivity (Wildman–Crippen MR) is 76.4 cm³/mol. The van der Waals surface area contributed by atoms with Crippen LogP contribution in [0.1, 0.15) is 11.1 Å². The second-order valence-corrected chi connectivity index (χ2v) is 5.91. The monoisotopic (exact) mass is 299 g/mol. The van der Waals surface area contributed by atoms with Gasteiger partial charge in [0.1, 0.15) is 4.90 Å². The van der Waals surface area contributed by atoms with E-state index in [2.05, 4.69) is 4.40 Å². The summed E-state index contributed by atoms with van der Waals surface area (Å²) in [5.74, 6) is 0.224. The number of nitrogen functional groups attached to an aromatic ring is 1. The number of fused-ring (bicyclic) bond motifs is 1. The number of ether oxygens (including phenoxy) is 1. The van der Waals surface area contributed by atoms with Gasteiger partial charge in [-0.3, -0.25) is 0 Å². The highest BCUT2D eigenvalue weighted by molar-refractivity contribution is 7.90. The van der Waals surface area contributed by atoms with Gasteiger partial charge < -0.3 is 10.5 Å². The van der Waals surface area contributed by atoms with Crippen LogP contribution in [-0.4, -0.2) is 14.3 Å². The Hall–Kier alpha value is -2.85. The Labute approximate surface area is 121 Å². The van der Waals surface area contributed by atoms with Gasteiger partial charge in [-0.15, -0.1) is 4.40 Å². The first-order valence-corrected chi connectivity index (χ1v) is 7.37. The molecule has 1 heterocycles. The molecule has 0 saturated carbocycles. The fourth-order valence-corrected chi connectivity index (χ4v) is 3.10. The van der Waals surface area contributed by atoms with Crippen LogP contribution in [0.25, 0.3) is 0 Å². The topological polar surface area (TPSA) is 106 Å². The maximum absolute atomic E-state index is 11.9. The third-order valence-electron chi connectivity index (χ3n) is 2.94. The molecule has 0 unspecified atom stereocenters. The third kappa shape index (κ3) is 2.22. The highest BCUT2D eigenvalue weighted by atomic mass is 32.2. The number of nitriles is 1. The maximum Gasteiger partial charge on any atom is 0.286 e. The third-order valence-corrected chi connectivity index (χ3v) is 4.26. The summed E-state index contributed by atoms with van der Waals surface area (Å²) in [5, 5.41) is 8.79. The van der Waals surface area contributed by atoms with Crippen LogP contribution in [0.5, 0.6) is 5.75 Å². The molecule has 104 valence electrons. The van der Waals surface area contributed by atoms with Crippen molar-refractivity contribution in [3.05, 3.63) is 53.6 Å². The van der Waals surface area contributed by atoms with Crippen molar-refractivity contribution in [2.45, 2.75) is 4.90 Å². The zero-order chi connectivity index (χ0) is 15.0. The molecular weight excluding hydrogens is 290 g/mol. The largest absolute Gasteiger partial charge is 0.435 e. The fourth-order valence-electron chi connectivity index (χ4n) is 1.96. The molecule has 1 aliphatic rings. The van der Waals surface area contributed by atoms with Gasteiger partial charge in [0.05, 0.1) is 22.9 Å². The zero-order valence-corrected chi connectivity index (χ0v) is 11.5. The van der Waals surface area contributed by atoms with Gasteiger partial charge >= 0.3 is 0 Å². The molecule has 2 aromatic rings. The number of anilines is 1. The van der Waals surface area contributed by atoms with E-state index in [-0.39, 0.29) is 22.2 Å². The number of benzene rings is 2. The number of sulfonamides is 1. The molecule has 1 aliphatic heterocycles. The van der Waals surface area contributed by atoms with Crippen LogP contribution in [0.3, 0.4) is 0 Å². The van der Waals surface area contributed by atoms with Crippen LogP contribution in [-0.2, 0) is 10.0 Å². The molecule has 0 radical (unpaired) electrons. The Morgan fingerprint density at radius 1 is 1.19 bits per heavy atom. The van der Waals surface area contributed by atoms with Crippen molar-refractivity contribution >= 4 is 21.6 Å². The standard InChI is InChI=1S/C14H9N3O3S/c15-8-9-5-6-12(11(16)7-9)20-14-10-3-1-2-4-13(10)21(18,19)17-14/h1-7H,16H2. The molecule has 0 aliphatic carbocycles. The Morgan fingerprint density at radius 3 is 2.67 bits per heavy atom. The van der Waals surface area contributed by atoms with Crippen molar-refractivity contribution in [3.8, 4) is 11.8 Å². The van der Waals surface area contributed by atoms with Gasteiger partial charge in [-0.05, 0) is 30.3 Å². The van der Waals surface area contributed by atoms with Crippen LogP contribution in [0.15, 0.2) is 51.8 Å². The number of nitrogens with two attached hydrogens (primary N) is 1. The molecule has 0 saturated heterocycles. The van der Waals surface area contributed by atoms with Crippen LogP contribution in [0.4, 0.5) is 5.69 Å². The molecule has 21 heavy (non-hydrogen) atoms. The fraction of sp³-hybridized carbons (Fsp3) is 0. The Morgan fingerprint density at radius 2 is 1.95 bits per heavy atom. The van der Waals surface area contributed by atoms with Crippen LogP contribution >= 0.6 is 0 Å². The Balaban J connectivity index is 2.03. The molecule has 2 aromatic carbocycles. The van der Waals surface area contributed by atoms with Gasteiger partial charge in [0, 0.05) is 0 Å². The van der Waals surface area contributed by atoms with Gasteiger partial charge in [-0.1, -0.05) is 12.1 Å². The van der Waals surface area contributed by atoms with Crippen molar-refractivity contribution in [2.24, 2.45) is 4.40 Å². The van der Waals surface area contributed by atoms with Crippen molar-refractivity contribution in [1.29, 1.82) is 5.26 Å². The van der Waals surface area contributed by atoms with Gasteiger partial charge in [-0.2, -0.15) is 13.7 Å². The molecule has 3 rings (SSSR count). The summed E-state index contributed by atoms with van der Waals surface area (Å²) in [5.41, 5.74) is 6.80. The Kier molecular flexibility index (Phi) is 2.89. The molecular formula is C14H9N3O3S. The molecule has 0 atom stereocenters. The van der Waals surface area contributed by atoms with Crippen LogP contribution in [0, 0.1) is 11.3 Å². The quantitative estimate of drug-likeness (QED) is 0.806. The van der Waals surface area contributed by atoms with E-state index in [1.54, 1.807) is 18.2 Å². The lowest BCUT2D eigenvalue weighted by atomic mass is 10.2. The summed E-state index contributed by atoms with van der Waals surface area (Å²) < 4.78 is 32.9. The molecule has 6 nitrogen and oxygen atoms in total. The average molecular weight is 299 g/mol. The first kappa shape index (κ1) is 13.1. The summed E-state index contributed by atoms with van der Waals surface area (Å²) in [6.45, 7) is 0. The lowest BCUT2D eigenvalue weighted by Crippen LogP contribution is -2.09. The number of rotatable bonds is 1. The number of nitrogens with zero attached hydrogens (tertiary/aromatic N) is 2. The van der Waals surface area contributed by atoms with E-state index >= 15 is 0 Å². The molecule has 0 bridgehead atoms. The predicted octanol–water partition coefficient (Wildman–Crippen LogP) is 1.67. The lowest BCUT2D eigenvalue weighted by Gasteiger charge is -2.08. The van der Waals surface area contributed by atoms with Gasteiger partial charge in [0.2, 0.25) is 5.90 Å². The first-order chi connectivity index (χ1) is 10.0. The number of hydrogen-bond donors (Lipinski definition) is 1. The van der Waals surface area contributed by atoms with Crippen molar-refractivity contribution in [3.63, 3.8) is 0 Å². The summed E-state index contributed by atoms with van der Waals surface area (Å²) in [7, 11) is -3.73. The van der Waals surface area contributed by atoms with Crippen molar-refractivity contribution in [1.82, 2.24) is 0 Å². The zero-order valence-electron chi connectivity index (χ0n) is 10.6. The SMILES string of the molecule is N#Cc1ccc(OC2=NS(=O)(=O)c3ccccc32)c(N)c1. The average Bonchev–Trinajstić information content (AvgIpc) is 2.73. The Bertz CT molecular complexity index is 911. The summed E-state index contributed by atoms with van der Waals surface area (Å²) in [6.07, 6.45) is 0. The van der Waals surface area contributed by atoms with Gasteiger partial charge in [0.25, 0.3) is 10.0 Å². The normalized spacial score (nSPS) is 14.9. The van der Waals surface area contributed by atoms with E-state index in [0.29, 0.717) is 11.1 Å². The summed E-state index contributed by atoms with van der Waals surface area (Å²) in [4.78, 5) is 0.104. The van der Waals surface area contributed by atoms with Crippen LogP contribution < -0.4 is 10.5 Å². The number of hydrogen-bond acceptors (Lipinski definition) is 5. The smallest absolute Gasteiger partial charge is 0.286 e. The maximum atomic E-state index is 11.9. The minimum absolute atomic E-state index is 0.0259. The van der Waals surface area contributed by atoms with Gasteiger partial charge in [0.15, 0.2) is 5.75 Å². The van der Waals surface area contributed by atoms with Crippen molar-refractivity contribution in [2.75, 3.05) is 5.73 Å². The van der Waals surface area contributed by atoms with Crippen molar-refractivity contribution < 1.29 is 13.2 Å². The molecule has 7 heteroatoms. The minimum Gasteiger partial charge on any atom is -0.435 e. The van der Waals surface area contributed by atoms with E-state index in [4.69, 9.17) is 15.7 Å². The summed E-state index contributed by atoms with van der Waals surface area (Å²) in [6, 6.07) is 12.8. The summed E-state index contributed by atoms with van der Waals surface area (Å²) >= 11 is 0. The first-order valence-electron chi connectivity index (χ1n) is 5.93. The molecule has 0 spiro atoms. The van der Waals surface area contributed by atoms with Crippen LogP contribution in [0.2, 0.25) is 0 Å². The van der Waals surface area contributed by atoms with Gasteiger partial charge in [-0.25, -0.2) is 0 Å². The molecule has 0 amide bonds. The lowest BCUT2D eigenvalue weighted by molar-refractivity contribution is 0.556. The molecule has 0 aromatic heterocycles. The highest BCUT2D eigenvalue weighted by Gasteiger charge is 2.30. The minimum atomic E-state index is -3.73. The second-order valence-electron chi connectivity index (χ2n) is 4.33. The van der Waals surface area contributed by atoms with E-state index in [1.165, 1.54) is 24.3 Å². The highest BCUT2D eigenvalue weighted by Crippen LogP contribution is 2.29. The van der Waals surface area contributed by atoms with E-state index < -0.39 is 10.0 Å². The van der Waals surface area contributed by atoms with E-state index in [9.17, 15) is 8.42 Å². The molecule has 2 N–H and O–H groups in total.